The molecular weight excluding hydrogens is 380 g/mol. The predicted molar refractivity (Wildman–Crippen MR) is 125 cm³/mol. The summed E-state index contributed by atoms with van der Waals surface area (Å²) < 4.78 is 0. The Hall–Kier alpha value is -0.0800. The van der Waals surface area contributed by atoms with Crippen LogP contribution < -0.4 is 0 Å². The first-order valence-corrected chi connectivity index (χ1v) is 14.4. The zero-order valence-electron chi connectivity index (χ0n) is 19.9. The number of hydrogen-bond acceptors (Lipinski definition) is 2. The van der Waals surface area contributed by atoms with Crippen LogP contribution in [0.25, 0.3) is 0 Å². The Kier molecular flexibility index (Phi) is 5.96. The number of rotatable bonds is 4. The first kappa shape index (κ1) is 21.5. The molecule has 7 aliphatic rings. The Balaban J connectivity index is 1.14. The van der Waals surface area contributed by atoms with Gasteiger partial charge in [0.1, 0.15) is 0 Å². The highest BCUT2D eigenvalue weighted by Crippen LogP contribution is 2.65. The topological polar surface area (TPSA) is 40.5 Å². The van der Waals surface area contributed by atoms with E-state index in [1.54, 1.807) is 38.5 Å². The molecule has 0 amide bonds. The van der Waals surface area contributed by atoms with Gasteiger partial charge in [0.05, 0.1) is 12.2 Å². The van der Waals surface area contributed by atoms with Crippen LogP contribution in [0.2, 0.25) is 0 Å². The molecule has 0 unspecified atom stereocenters. The molecule has 0 aliphatic heterocycles. The lowest BCUT2D eigenvalue weighted by Crippen LogP contribution is -2.50. The van der Waals surface area contributed by atoms with Crippen molar-refractivity contribution in [3.8, 4) is 0 Å². The third-order valence-electron chi connectivity index (χ3n) is 11.8. The molecule has 4 bridgehead atoms. The molecule has 2 nitrogen and oxygen atoms in total. The predicted octanol–water partition coefficient (Wildman–Crippen LogP) is 6.73. The molecule has 0 aromatic heterocycles. The summed E-state index contributed by atoms with van der Waals surface area (Å²) in [5, 5.41) is 20.2. The minimum Gasteiger partial charge on any atom is -0.393 e. The third-order valence-corrected chi connectivity index (χ3v) is 11.8. The summed E-state index contributed by atoms with van der Waals surface area (Å²) in [5.41, 5.74) is 0.763. The van der Waals surface area contributed by atoms with Crippen LogP contribution in [-0.4, -0.2) is 22.4 Å². The third kappa shape index (κ3) is 4.16. The molecular formula is C29H48O2. The molecule has 31 heavy (non-hydrogen) atoms. The first-order chi connectivity index (χ1) is 15.1. The number of aliphatic hydroxyl groups excluding tert-OH is 2. The van der Waals surface area contributed by atoms with Crippen LogP contribution in [0, 0.1) is 52.8 Å². The second-order valence-electron chi connectivity index (χ2n) is 13.6. The van der Waals surface area contributed by atoms with Crippen LogP contribution in [0.5, 0.6) is 0 Å². The van der Waals surface area contributed by atoms with Crippen LogP contribution in [0.3, 0.4) is 0 Å². The maximum Gasteiger partial charge on any atom is 0.0540 e. The van der Waals surface area contributed by atoms with Crippen LogP contribution in [0.4, 0.5) is 0 Å². The van der Waals surface area contributed by atoms with Crippen LogP contribution >= 0.6 is 0 Å². The molecule has 0 spiro atoms. The standard InChI is InChI=1S/C29H48O2/c30-26-9-3-23(4-10-26)28(24-5-11-27(31)12-6-24)22-1-7-25(8-2-22)29-16-19-13-20(17-29)15-21(14-19)18-29/h19-28,30-31H,1-18H2. The average Bonchev–Trinajstić information content (AvgIpc) is 2.76. The summed E-state index contributed by atoms with van der Waals surface area (Å²) in [4.78, 5) is 0. The van der Waals surface area contributed by atoms with Crippen molar-refractivity contribution in [1.82, 2.24) is 0 Å². The van der Waals surface area contributed by atoms with Gasteiger partial charge in [-0.15, -0.1) is 0 Å². The van der Waals surface area contributed by atoms with Gasteiger partial charge < -0.3 is 10.2 Å². The van der Waals surface area contributed by atoms with E-state index in [0.29, 0.717) is 0 Å². The molecule has 0 aromatic rings. The number of hydrogen-bond donors (Lipinski definition) is 2. The van der Waals surface area contributed by atoms with Gasteiger partial charge in [0.2, 0.25) is 0 Å². The SMILES string of the molecule is OC1CCC(C(C2CCC(O)CC2)C2CCC(C34CC5CC(CC(C5)C3)C4)CC2)CC1. The zero-order valence-corrected chi connectivity index (χ0v) is 19.9. The van der Waals surface area contributed by atoms with E-state index in [4.69, 9.17) is 0 Å². The number of aliphatic hydroxyl groups is 2. The Morgan fingerprint density at radius 3 is 1.23 bits per heavy atom. The quantitative estimate of drug-likeness (QED) is 0.521. The van der Waals surface area contributed by atoms with Crippen LogP contribution in [-0.2, 0) is 0 Å². The van der Waals surface area contributed by atoms with Gasteiger partial charge >= 0.3 is 0 Å². The monoisotopic (exact) mass is 428 g/mol. The summed E-state index contributed by atoms with van der Waals surface area (Å²) >= 11 is 0. The minimum atomic E-state index is -0.0306. The Labute approximate surface area is 191 Å². The average molecular weight is 429 g/mol. The highest BCUT2D eigenvalue weighted by molar-refractivity contribution is 5.05. The maximum atomic E-state index is 10.1. The molecule has 7 aliphatic carbocycles. The molecule has 0 radical (unpaired) electrons. The molecule has 0 saturated heterocycles. The summed E-state index contributed by atoms with van der Waals surface area (Å²) in [6, 6.07) is 0. The van der Waals surface area contributed by atoms with Crippen molar-refractivity contribution in [2.24, 2.45) is 52.8 Å². The molecule has 176 valence electrons. The van der Waals surface area contributed by atoms with Gasteiger partial charge in [-0.3, -0.25) is 0 Å². The molecule has 2 N–H and O–H groups in total. The molecule has 0 aromatic carbocycles. The zero-order chi connectivity index (χ0) is 21.0. The van der Waals surface area contributed by atoms with Gasteiger partial charge in [0.25, 0.3) is 0 Å². The van der Waals surface area contributed by atoms with Gasteiger partial charge in [0.15, 0.2) is 0 Å². The normalized spacial score (nSPS) is 53.4. The van der Waals surface area contributed by atoms with E-state index in [9.17, 15) is 10.2 Å². The van der Waals surface area contributed by atoms with E-state index in [1.165, 1.54) is 51.4 Å². The smallest absolute Gasteiger partial charge is 0.0540 e. The summed E-state index contributed by atoms with van der Waals surface area (Å²) in [5.74, 6) is 7.86. The van der Waals surface area contributed by atoms with E-state index < -0.39 is 0 Å². The van der Waals surface area contributed by atoms with E-state index in [0.717, 1.165) is 78.4 Å². The molecule has 7 saturated carbocycles. The lowest BCUT2D eigenvalue weighted by atomic mass is 9.45. The van der Waals surface area contributed by atoms with Crippen molar-refractivity contribution in [2.75, 3.05) is 0 Å². The fraction of sp³-hybridized carbons (Fsp3) is 1.00. The van der Waals surface area contributed by atoms with Gasteiger partial charge in [-0.1, -0.05) is 0 Å². The van der Waals surface area contributed by atoms with Gasteiger partial charge in [-0.25, -0.2) is 0 Å². The molecule has 2 heteroatoms. The van der Waals surface area contributed by atoms with Crippen molar-refractivity contribution < 1.29 is 10.2 Å². The first-order valence-electron chi connectivity index (χ1n) is 14.4. The van der Waals surface area contributed by atoms with Crippen molar-refractivity contribution >= 4 is 0 Å². The minimum absolute atomic E-state index is 0.0306. The lowest BCUT2D eigenvalue weighted by Gasteiger charge is -2.61. The second-order valence-corrected chi connectivity index (χ2v) is 13.6. The largest absolute Gasteiger partial charge is 0.393 e. The van der Waals surface area contributed by atoms with Crippen molar-refractivity contribution in [2.45, 2.75) is 128 Å². The van der Waals surface area contributed by atoms with Gasteiger partial charge in [-0.05, 0) is 168 Å². The molecule has 7 fully saturated rings. The molecule has 7 rings (SSSR count). The van der Waals surface area contributed by atoms with E-state index in [1.807, 2.05) is 0 Å². The summed E-state index contributed by atoms with van der Waals surface area (Å²) in [6.07, 6.45) is 24.7. The fourth-order valence-corrected chi connectivity index (χ4v) is 10.9. The Bertz CT molecular complexity index is 547. The van der Waals surface area contributed by atoms with Crippen molar-refractivity contribution in [3.05, 3.63) is 0 Å². The van der Waals surface area contributed by atoms with Crippen LogP contribution in [0.15, 0.2) is 0 Å². The maximum absolute atomic E-state index is 10.1. The van der Waals surface area contributed by atoms with Crippen molar-refractivity contribution in [3.63, 3.8) is 0 Å². The highest BCUT2D eigenvalue weighted by atomic mass is 16.3. The van der Waals surface area contributed by atoms with Gasteiger partial charge in [0, 0.05) is 0 Å². The highest BCUT2D eigenvalue weighted by Gasteiger charge is 2.54. The molecule has 0 atom stereocenters. The molecule has 0 heterocycles. The van der Waals surface area contributed by atoms with Gasteiger partial charge in [-0.2, -0.15) is 0 Å². The Morgan fingerprint density at radius 2 is 0.839 bits per heavy atom. The van der Waals surface area contributed by atoms with Crippen molar-refractivity contribution in [1.29, 1.82) is 0 Å². The van der Waals surface area contributed by atoms with E-state index >= 15 is 0 Å². The fourth-order valence-electron chi connectivity index (χ4n) is 10.9. The van der Waals surface area contributed by atoms with E-state index in [2.05, 4.69) is 0 Å². The lowest BCUT2D eigenvalue weighted by molar-refractivity contribution is -0.102. The van der Waals surface area contributed by atoms with Crippen LogP contribution in [0.1, 0.15) is 116 Å². The van der Waals surface area contributed by atoms with E-state index in [-0.39, 0.29) is 12.2 Å². The summed E-state index contributed by atoms with van der Waals surface area (Å²) in [7, 11) is 0. The Morgan fingerprint density at radius 1 is 0.484 bits per heavy atom. The summed E-state index contributed by atoms with van der Waals surface area (Å²) in [6.45, 7) is 0. The second kappa shape index (κ2) is 8.61.